The summed E-state index contributed by atoms with van der Waals surface area (Å²) in [5.41, 5.74) is 7.78. The topological polar surface area (TPSA) is 38.9 Å². The van der Waals surface area contributed by atoms with Crippen LogP contribution in [0.4, 0.5) is 0 Å². The van der Waals surface area contributed by atoms with Gasteiger partial charge in [-0.05, 0) is 31.4 Å². The standard InChI is InChI=1S/C12H12N2S/c13-12-5-11(6-12,7-12)10-14-8-3-1-2-4-9(8)15-10/h1-4H,5-7,13H2. The highest BCUT2D eigenvalue weighted by molar-refractivity contribution is 7.18. The lowest BCUT2D eigenvalue weighted by molar-refractivity contribution is -0.0589. The first-order valence-electron chi connectivity index (χ1n) is 5.34. The van der Waals surface area contributed by atoms with Gasteiger partial charge < -0.3 is 5.73 Å². The number of thiazole rings is 1. The van der Waals surface area contributed by atoms with Crippen LogP contribution in [-0.4, -0.2) is 10.5 Å². The monoisotopic (exact) mass is 216 g/mol. The van der Waals surface area contributed by atoms with Gasteiger partial charge >= 0.3 is 0 Å². The van der Waals surface area contributed by atoms with Gasteiger partial charge in [-0.2, -0.15) is 0 Å². The summed E-state index contributed by atoms with van der Waals surface area (Å²) in [6, 6.07) is 8.38. The molecule has 3 fully saturated rings. The molecule has 0 atom stereocenters. The summed E-state index contributed by atoms with van der Waals surface area (Å²) >= 11 is 1.85. The van der Waals surface area contributed by atoms with Crippen LogP contribution in [0.5, 0.6) is 0 Å². The Balaban J connectivity index is 1.83. The van der Waals surface area contributed by atoms with Gasteiger partial charge in [-0.15, -0.1) is 11.3 Å². The molecule has 15 heavy (non-hydrogen) atoms. The number of hydrogen-bond donors (Lipinski definition) is 1. The van der Waals surface area contributed by atoms with E-state index in [1.807, 2.05) is 11.3 Å². The fourth-order valence-corrected chi connectivity index (χ4v) is 4.34. The lowest BCUT2D eigenvalue weighted by atomic mass is 9.40. The van der Waals surface area contributed by atoms with Crippen LogP contribution in [-0.2, 0) is 5.41 Å². The molecular formula is C12H12N2S. The van der Waals surface area contributed by atoms with E-state index in [1.54, 1.807) is 0 Å². The summed E-state index contributed by atoms with van der Waals surface area (Å²) in [4.78, 5) is 4.74. The number of benzene rings is 1. The van der Waals surface area contributed by atoms with Crippen LogP contribution < -0.4 is 5.73 Å². The number of nitrogens with zero attached hydrogens (tertiary/aromatic N) is 1. The highest BCUT2D eigenvalue weighted by atomic mass is 32.1. The first kappa shape index (κ1) is 8.25. The zero-order valence-electron chi connectivity index (χ0n) is 8.36. The molecule has 2 nitrogen and oxygen atoms in total. The van der Waals surface area contributed by atoms with Gasteiger partial charge in [0.2, 0.25) is 0 Å². The maximum atomic E-state index is 6.08. The minimum atomic E-state index is 0.178. The van der Waals surface area contributed by atoms with Crippen molar-refractivity contribution < 1.29 is 0 Å². The second-order valence-corrected chi connectivity index (χ2v) is 6.19. The van der Waals surface area contributed by atoms with E-state index >= 15 is 0 Å². The second-order valence-electron chi connectivity index (χ2n) is 5.16. The van der Waals surface area contributed by atoms with Crippen molar-refractivity contribution in [3.05, 3.63) is 29.3 Å². The van der Waals surface area contributed by atoms with E-state index in [9.17, 15) is 0 Å². The van der Waals surface area contributed by atoms with Gasteiger partial charge in [-0.25, -0.2) is 4.98 Å². The molecule has 2 bridgehead atoms. The summed E-state index contributed by atoms with van der Waals surface area (Å²) in [5, 5.41) is 1.32. The smallest absolute Gasteiger partial charge is 0.100 e. The molecule has 1 aromatic heterocycles. The fourth-order valence-electron chi connectivity index (χ4n) is 3.19. The van der Waals surface area contributed by atoms with E-state index in [1.165, 1.54) is 9.71 Å². The Bertz CT molecular complexity index is 505. The quantitative estimate of drug-likeness (QED) is 0.795. The van der Waals surface area contributed by atoms with Crippen molar-refractivity contribution in [3.63, 3.8) is 0 Å². The summed E-state index contributed by atoms with van der Waals surface area (Å²) in [6.07, 6.45) is 3.46. The molecular weight excluding hydrogens is 204 g/mol. The van der Waals surface area contributed by atoms with Crippen LogP contribution in [0.3, 0.4) is 0 Å². The Morgan fingerprint density at radius 2 is 1.93 bits per heavy atom. The average Bonchev–Trinajstić information content (AvgIpc) is 2.54. The summed E-state index contributed by atoms with van der Waals surface area (Å²) in [5.74, 6) is 0. The largest absolute Gasteiger partial charge is 0.325 e. The van der Waals surface area contributed by atoms with Crippen molar-refractivity contribution in [3.8, 4) is 0 Å². The second kappa shape index (κ2) is 2.25. The number of aromatic nitrogens is 1. The van der Waals surface area contributed by atoms with Crippen molar-refractivity contribution in [2.24, 2.45) is 5.73 Å². The lowest BCUT2D eigenvalue weighted by Gasteiger charge is -2.68. The van der Waals surface area contributed by atoms with E-state index in [4.69, 9.17) is 10.7 Å². The third-order valence-corrected chi connectivity index (χ3v) is 5.10. The molecule has 0 spiro atoms. The van der Waals surface area contributed by atoms with Crippen LogP contribution in [0.15, 0.2) is 24.3 Å². The molecule has 0 amide bonds. The summed E-state index contributed by atoms with van der Waals surface area (Å²) in [7, 11) is 0. The molecule has 1 aromatic carbocycles. The molecule has 0 radical (unpaired) electrons. The third kappa shape index (κ3) is 0.905. The van der Waals surface area contributed by atoms with Crippen molar-refractivity contribution in [2.75, 3.05) is 0 Å². The minimum absolute atomic E-state index is 0.178. The number of nitrogens with two attached hydrogens (primary N) is 1. The van der Waals surface area contributed by atoms with Gasteiger partial charge in [0.05, 0.1) is 10.2 Å². The van der Waals surface area contributed by atoms with Gasteiger partial charge in [0.1, 0.15) is 5.01 Å². The van der Waals surface area contributed by atoms with E-state index < -0.39 is 0 Å². The third-order valence-electron chi connectivity index (χ3n) is 3.82. The maximum absolute atomic E-state index is 6.08. The molecule has 1 heterocycles. The molecule has 0 unspecified atom stereocenters. The Labute approximate surface area is 92.1 Å². The van der Waals surface area contributed by atoms with E-state index in [-0.39, 0.29) is 5.54 Å². The molecule has 0 aliphatic heterocycles. The molecule has 76 valence electrons. The van der Waals surface area contributed by atoms with E-state index in [0.29, 0.717) is 5.41 Å². The van der Waals surface area contributed by atoms with Gasteiger partial charge in [-0.1, -0.05) is 12.1 Å². The van der Waals surface area contributed by atoms with Crippen LogP contribution >= 0.6 is 11.3 Å². The number of fused-ring (bicyclic) bond motifs is 1. The molecule has 0 saturated heterocycles. The highest BCUT2D eigenvalue weighted by Crippen LogP contribution is 2.67. The van der Waals surface area contributed by atoms with Gasteiger partial charge in [0.25, 0.3) is 0 Å². The number of para-hydroxylation sites is 1. The van der Waals surface area contributed by atoms with Crippen molar-refractivity contribution in [2.45, 2.75) is 30.2 Å². The molecule has 5 rings (SSSR count). The zero-order valence-corrected chi connectivity index (χ0v) is 9.18. The number of hydrogen-bond acceptors (Lipinski definition) is 3. The first-order chi connectivity index (χ1) is 7.19. The fraction of sp³-hybridized carbons (Fsp3) is 0.417. The molecule has 2 aromatic rings. The number of rotatable bonds is 1. The summed E-state index contributed by atoms with van der Waals surface area (Å²) in [6.45, 7) is 0. The van der Waals surface area contributed by atoms with Gasteiger partial charge in [0, 0.05) is 11.0 Å². The minimum Gasteiger partial charge on any atom is -0.325 e. The lowest BCUT2D eigenvalue weighted by Crippen LogP contribution is -2.74. The van der Waals surface area contributed by atoms with Crippen LogP contribution in [0.25, 0.3) is 10.2 Å². The Kier molecular flexibility index (Phi) is 1.24. The highest BCUT2D eigenvalue weighted by Gasteiger charge is 2.67. The Morgan fingerprint density at radius 1 is 1.20 bits per heavy atom. The van der Waals surface area contributed by atoms with E-state index in [2.05, 4.69) is 24.3 Å². The zero-order chi connectivity index (χ0) is 10.1. The van der Waals surface area contributed by atoms with Crippen molar-refractivity contribution >= 4 is 21.6 Å². The summed E-state index contributed by atoms with van der Waals surface area (Å²) < 4.78 is 1.31. The maximum Gasteiger partial charge on any atom is 0.100 e. The Hall–Kier alpha value is -0.930. The predicted octanol–water partition coefficient (Wildman–Crippen LogP) is 2.43. The first-order valence-corrected chi connectivity index (χ1v) is 6.16. The van der Waals surface area contributed by atoms with Gasteiger partial charge in [-0.3, -0.25) is 0 Å². The van der Waals surface area contributed by atoms with E-state index in [0.717, 1.165) is 24.8 Å². The van der Waals surface area contributed by atoms with Gasteiger partial charge in [0.15, 0.2) is 0 Å². The molecule has 2 N–H and O–H groups in total. The average molecular weight is 216 g/mol. The molecule has 3 aliphatic rings. The van der Waals surface area contributed by atoms with Crippen molar-refractivity contribution in [1.82, 2.24) is 4.98 Å². The Morgan fingerprint density at radius 3 is 2.60 bits per heavy atom. The van der Waals surface area contributed by atoms with Crippen LogP contribution in [0.2, 0.25) is 0 Å². The molecule has 3 aliphatic carbocycles. The molecule has 3 saturated carbocycles. The SMILES string of the molecule is NC12CC(c3nc4ccccc4s3)(C1)C2. The predicted molar refractivity (Wildman–Crippen MR) is 62.1 cm³/mol. The normalized spacial score (nSPS) is 37.4. The van der Waals surface area contributed by atoms with Crippen molar-refractivity contribution in [1.29, 1.82) is 0 Å². The molecule has 3 heteroatoms. The van der Waals surface area contributed by atoms with Crippen LogP contribution in [0.1, 0.15) is 24.3 Å². The van der Waals surface area contributed by atoms with Crippen LogP contribution in [0, 0.1) is 0 Å².